The maximum Gasteiger partial charge on any atom is 0.114 e. The Morgan fingerprint density at radius 1 is 0.905 bits per heavy atom. The second-order valence-electron chi connectivity index (χ2n) is 6.18. The number of nitrogens with zero attached hydrogens (tertiary/aromatic N) is 1. The Kier molecular flexibility index (Phi) is 4.89. The Morgan fingerprint density at radius 3 is 2.10 bits per heavy atom. The number of rotatable bonds is 5. The topological polar surface area (TPSA) is 3.24 Å². The Balaban J connectivity index is 2.57. The molecule has 0 atom stereocenters. The summed E-state index contributed by atoms with van der Waals surface area (Å²) in [6.07, 6.45) is 0. The van der Waals surface area contributed by atoms with Gasteiger partial charge in [-0.25, -0.2) is 0 Å². The third kappa shape index (κ3) is 3.21. The minimum absolute atomic E-state index is 1.06. The zero-order valence-electron chi connectivity index (χ0n) is 14.0. The first kappa shape index (κ1) is 15.8. The van der Waals surface area contributed by atoms with Crippen molar-refractivity contribution in [1.82, 2.24) is 0 Å². The molecule has 2 aromatic carbocycles. The van der Waals surface area contributed by atoms with Crippen molar-refractivity contribution in [2.24, 2.45) is 0 Å². The van der Waals surface area contributed by atoms with Crippen LogP contribution in [0.15, 0.2) is 48.5 Å². The number of hydrogen-bond donors (Lipinski definition) is 0. The van der Waals surface area contributed by atoms with Crippen molar-refractivity contribution < 1.29 is 0 Å². The van der Waals surface area contributed by atoms with Gasteiger partial charge < -0.3 is 4.90 Å². The summed E-state index contributed by atoms with van der Waals surface area (Å²) >= 11 is 0. The third-order valence-corrected chi connectivity index (χ3v) is 7.97. The van der Waals surface area contributed by atoms with Gasteiger partial charge in [0.1, 0.15) is 8.07 Å². The molecular weight excluding hydrogens is 270 g/mol. The van der Waals surface area contributed by atoms with Crippen molar-refractivity contribution in [3.05, 3.63) is 54.1 Å². The molecule has 21 heavy (non-hydrogen) atoms. The van der Waals surface area contributed by atoms with E-state index in [0.717, 1.165) is 13.1 Å². The van der Waals surface area contributed by atoms with Crippen LogP contribution < -0.4 is 15.3 Å². The Morgan fingerprint density at radius 2 is 1.52 bits per heavy atom. The van der Waals surface area contributed by atoms with Gasteiger partial charge in [0.25, 0.3) is 0 Å². The smallest absolute Gasteiger partial charge is 0.114 e. The standard InChI is InChI=1S/C19H27NSi/c1-6-20(7-2)18-15-16(3)13-14-19(18)21(4,5)17-11-9-8-10-12-17/h8-15H,6-7H2,1-5H3. The molecule has 0 saturated carbocycles. The van der Waals surface area contributed by atoms with Gasteiger partial charge in [-0.3, -0.25) is 0 Å². The van der Waals surface area contributed by atoms with Gasteiger partial charge in [0.2, 0.25) is 0 Å². The van der Waals surface area contributed by atoms with Crippen LogP contribution in [0.25, 0.3) is 0 Å². The fraction of sp³-hybridized carbons (Fsp3) is 0.368. The van der Waals surface area contributed by atoms with Crippen LogP contribution in [0.3, 0.4) is 0 Å². The zero-order chi connectivity index (χ0) is 15.5. The second-order valence-corrected chi connectivity index (χ2v) is 10.5. The largest absolute Gasteiger partial charge is 0.372 e. The molecule has 1 nitrogen and oxygen atoms in total. The lowest BCUT2D eigenvalue weighted by atomic mass is 10.2. The van der Waals surface area contributed by atoms with E-state index in [1.807, 2.05) is 0 Å². The third-order valence-electron chi connectivity index (χ3n) is 4.43. The van der Waals surface area contributed by atoms with Crippen LogP contribution in [-0.4, -0.2) is 21.2 Å². The summed E-state index contributed by atoms with van der Waals surface area (Å²) in [5, 5.41) is 3.05. The molecule has 0 radical (unpaired) electrons. The maximum absolute atomic E-state index is 2.49. The number of hydrogen-bond acceptors (Lipinski definition) is 1. The SMILES string of the molecule is CCN(CC)c1cc(C)ccc1[Si](C)(C)c1ccccc1. The first-order chi connectivity index (χ1) is 10.0. The summed E-state index contributed by atoms with van der Waals surface area (Å²) in [5.74, 6) is 0. The highest BCUT2D eigenvalue weighted by atomic mass is 28.3. The average molecular weight is 298 g/mol. The quantitative estimate of drug-likeness (QED) is 0.761. The molecule has 0 spiro atoms. The minimum atomic E-state index is -1.66. The molecule has 0 saturated heterocycles. The van der Waals surface area contributed by atoms with Gasteiger partial charge in [-0.05, 0) is 37.6 Å². The summed E-state index contributed by atoms with van der Waals surface area (Å²) in [4.78, 5) is 2.49. The highest BCUT2D eigenvalue weighted by molar-refractivity contribution is 7.01. The highest BCUT2D eigenvalue weighted by Crippen LogP contribution is 2.19. The fourth-order valence-electron chi connectivity index (χ4n) is 3.01. The molecule has 0 aliphatic carbocycles. The molecule has 2 rings (SSSR count). The van der Waals surface area contributed by atoms with E-state index < -0.39 is 8.07 Å². The maximum atomic E-state index is 2.49. The molecule has 0 heterocycles. The van der Waals surface area contributed by atoms with E-state index in [-0.39, 0.29) is 0 Å². The van der Waals surface area contributed by atoms with Gasteiger partial charge in [0, 0.05) is 18.8 Å². The molecule has 0 bridgehead atoms. The lowest BCUT2D eigenvalue weighted by Gasteiger charge is -2.32. The highest BCUT2D eigenvalue weighted by Gasteiger charge is 2.29. The van der Waals surface area contributed by atoms with Gasteiger partial charge in [0.15, 0.2) is 0 Å². The van der Waals surface area contributed by atoms with E-state index in [0.29, 0.717) is 0 Å². The molecule has 112 valence electrons. The summed E-state index contributed by atoms with van der Waals surface area (Å²) in [6.45, 7) is 13.7. The van der Waals surface area contributed by atoms with Crippen LogP contribution >= 0.6 is 0 Å². The molecule has 2 heteroatoms. The first-order valence-corrected chi connectivity index (χ1v) is 10.9. The van der Waals surface area contributed by atoms with Crippen LogP contribution in [0.4, 0.5) is 5.69 Å². The van der Waals surface area contributed by atoms with E-state index in [1.54, 1.807) is 5.19 Å². The van der Waals surface area contributed by atoms with Crippen molar-refractivity contribution in [2.45, 2.75) is 33.9 Å². The fourth-order valence-corrected chi connectivity index (χ4v) is 5.71. The molecule has 0 unspecified atom stereocenters. The molecule has 0 aliphatic heterocycles. The van der Waals surface area contributed by atoms with Crippen molar-refractivity contribution in [3.8, 4) is 0 Å². The Bertz CT molecular complexity index is 586. The van der Waals surface area contributed by atoms with Crippen LogP contribution in [0.2, 0.25) is 13.1 Å². The summed E-state index contributed by atoms with van der Waals surface area (Å²) in [7, 11) is -1.66. The van der Waals surface area contributed by atoms with Crippen LogP contribution in [0.1, 0.15) is 19.4 Å². The van der Waals surface area contributed by atoms with E-state index in [2.05, 4.69) is 87.3 Å². The Labute approximate surface area is 130 Å². The zero-order valence-corrected chi connectivity index (χ0v) is 15.0. The van der Waals surface area contributed by atoms with Gasteiger partial charge in [-0.15, -0.1) is 0 Å². The van der Waals surface area contributed by atoms with Gasteiger partial charge in [-0.1, -0.05) is 60.7 Å². The van der Waals surface area contributed by atoms with Crippen molar-refractivity contribution in [1.29, 1.82) is 0 Å². The molecule has 2 aromatic rings. The first-order valence-electron chi connectivity index (χ1n) is 7.92. The molecular formula is C19H27NSi. The average Bonchev–Trinajstić information content (AvgIpc) is 2.49. The minimum Gasteiger partial charge on any atom is -0.372 e. The van der Waals surface area contributed by atoms with Crippen LogP contribution in [0.5, 0.6) is 0 Å². The molecule has 0 aromatic heterocycles. The van der Waals surface area contributed by atoms with Gasteiger partial charge in [-0.2, -0.15) is 0 Å². The summed E-state index contributed by atoms with van der Waals surface area (Å²) < 4.78 is 0. The predicted octanol–water partition coefficient (Wildman–Crippen LogP) is 3.66. The summed E-state index contributed by atoms with van der Waals surface area (Å²) in [5.41, 5.74) is 2.78. The van der Waals surface area contributed by atoms with E-state index >= 15 is 0 Å². The normalized spacial score (nSPS) is 11.5. The van der Waals surface area contributed by atoms with Gasteiger partial charge in [0.05, 0.1) is 0 Å². The lowest BCUT2D eigenvalue weighted by Crippen LogP contribution is -2.54. The number of benzene rings is 2. The van der Waals surface area contributed by atoms with Crippen molar-refractivity contribution in [3.63, 3.8) is 0 Å². The number of aryl methyl sites for hydroxylation is 1. The van der Waals surface area contributed by atoms with Crippen molar-refractivity contribution >= 4 is 24.1 Å². The van der Waals surface area contributed by atoms with Gasteiger partial charge >= 0.3 is 0 Å². The summed E-state index contributed by atoms with van der Waals surface area (Å²) in [6, 6.07) is 18.0. The van der Waals surface area contributed by atoms with E-state index in [4.69, 9.17) is 0 Å². The van der Waals surface area contributed by atoms with E-state index in [9.17, 15) is 0 Å². The number of anilines is 1. The molecule has 0 aliphatic rings. The van der Waals surface area contributed by atoms with Crippen molar-refractivity contribution in [2.75, 3.05) is 18.0 Å². The molecule has 0 N–H and O–H groups in total. The van der Waals surface area contributed by atoms with E-state index in [1.165, 1.54) is 16.4 Å². The predicted molar refractivity (Wildman–Crippen MR) is 97.9 cm³/mol. The van der Waals surface area contributed by atoms with Crippen LogP contribution in [0, 0.1) is 6.92 Å². The second kappa shape index (κ2) is 6.48. The van der Waals surface area contributed by atoms with Crippen LogP contribution in [-0.2, 0) is 0 Å². The lowest BCUT2D eigenvalue weighted by molar-refractivity contribution is 0.868. The molecule has 0 fully saturated rings. The molecule has 0 amide bonds. The monoisotopic (exact) mass is 297 g/mol. The Hall–Kier alpha value is -1.54.